The van der Waals surface area contributed by atoms with Crippen molar-refractivity contribution in [1.82, 2.24) is 0 Å². The van der Waals surface area contributed by atoms with Crippen LogP contribution < -0.4 is 4.90 Å². The number of nitrogens with zero attached hydrogens (tertiary/aromatic N) is 1. The number of likely N-dealkylation sites (N-methyl/N-ethyl adjacent to an activating group) is 1. The maximum Gasteiger partial charge on any atom is 0.338 e. The summed E-state index contributed by atoms with van der Waals surface area (Å²) in [5.41, 5.74) is 1.18. The van der Waals surface area contributed by atoms with E-state index in [1.54, 1.807) is 26.1 Å². The molecule has 0 aliphatic rings. The zero-order valence-corrected chi connectivity index (χ0v) is 14.2. The molecule has 0 saturated heterocycles. The SMILES string of the molecule is CC(OC(=O)c1ccc2ccccc2c1)C(=O)N(C)c1ccccc1. The van der Waals surface area contributed by atoms with Gasteiger partial charge in [-0.2, -0.15) is 0 Å². The summed E-state index contributed by atoms with van der Waals surface area (Å²) in [5, 5.41) is 2.00. The topological polar surface area (TPSA) is 46.6 Å². The number of para-hydroxylation sites is 1. The van der Waals surface area contributed by atoms with E-state index in [0.717, 1.165) is 16.5 Å². The molecule has 0 aliphatic heterocycles. The monoisotopic (exact) mass is 333 g/mol. The Morgan fingerprint density at radius 2 is 1.52 bits per heavy atom. The van der Waals surface area contributed by atoms with Crippen molar-refractivity contribution in [2.45, 2.75) is 13.0 Å². The van der Waals surface area contributed by atoms with Gasteiger partial charge in [0, 0.05) is 12.7 Å². The number of hydrogen-bond donors (Lipinski definition) is 0. The highest BCUT2D eigenvalue weighted by Crippen LogP contribution is 2.18. The number of amides is 1. The zero-order valence-electron chi connectivity index (χ0n) is 14.2. The lowest BCUT2D eigenvalue weighted by molar-refractivity contribution is -0.126. The average Bonchev–Trinajstić information content (AvgIpc) is 2.67. The van der Waals surface area contributed by atoms with Gasteiger partial charge in [-0.15, -0.1) is 0 Å². The minimum atomic E-state index is -0.871. The first-order valence-corrected chi connectivity index (χ1v) is 8.08. The molecule has 0 aromatic heterocycles. The molecular weight excluding hydrogens is 314 g/mol. The van der Waals surface area contributed by atoms with Crippen LogP contribution in [0.5, 0.6) is 0 Å². The van der Waals surface area contributed by atoms with Crippen LogP contribution in [0.15, 0.2) is 72.8 Å². The van der Waals surface area contributed by atoms with Crippen LogP contribution in [0, 0.1) is 0 Å². The number of anilines is 1. The van der Waals surface area contributed by atoms with Crippen LogP contribution in [0.2, 0.25) is 0 Å². The highest BCUT2D eigenvalue weighted by molar-refractivity contribution is 6.00. The highest BCUT2D eigenvalue weighted by Gasteiger charge is 2.23. The Kier molecular flexibility index (Phi) is 4.80. The third-order valence-electron chi connectivity index (χ3n) is 4.09. The molecule has 3 aromatic carbocycles. The molecule has 1 unspecified atom stereocenters. The van der Waals surface area contributed by atoms with Crippen molar-refractivity contribution in [3.8, 4) is 0 Å². The highest BCUT2D eigenvalue weighted by atomic mass is 16.5. The zero-order chi connectivity index (χ0) is 17.8. The molecule has 0 radical (unpaired) electrons. The van der Waals surface area contributed by atoms with Crippen LogP contribution in [0.4, 0.5) is 5.69 Å². The van der Waals surface area contributed by atoms with Gasteiger partial charge in [-0.3, -0.25) is 4.79 Å². The second-order valence-corrected chi connectivity index (χ2v) is 5.84. The number of fused-ring (bicyclic) bond motifs is 1. The summed E-state index contributed by atoms with van der Waals surface area (Å²) < 4.78 is 5.36. The molecule has 3 aromatic rings. The van der Waals surface area contributed by atoms with Crippen molar-refractivity contribution in [3.63, 3.8) is 0 Å². The van der Waals surface area contributed by atoms with Crippen LogP contribution in [0.1, 0.15) is 17.3 Å². The molecule has 0 aliphatic carbocycles. The van der Waals surface area contributed by atoms with E-state index in [-0.39, 0.29) is 5.91 Å². The van der Waals surface area contributed by atoms with Crippen LogP contribution in [0.25, 0.3) is 10.8 Å². The third-order valence-corrected chi connectivity index (χ3v) is 4.09. The van der Waals surface area contributed by atoms with E-state index in [1.807, 2.05) is 60.7 Å². The number of rotatable bonds is 4. The molecule has 0 saturated carbocycles. The summed E-state index contributed by atoms with van der Waals surface area (Å²) in [7, 11) is 1.66. The van der Waals surface area contributed by atoms with Gasteiger partial charge >= 0.3 is 5.97 Å². The summed E-state index contributed by atoms with van der Waals surface area (Å²) in [6.07, 6.45) is -0.871. The van der Waals surface area contributed by atoms with Crippen molar-refractivity contribution in [3.05, 3.63) is 78.4 Å². The van der Waals surface area contributed by atoms with E-state index in [9.17, 15) is 9.59 Å². The first-order chi connectivity index (χ1) is 12.1. The van der Waals surface area contributed by atoms with Crippen molar-refractivity contribution in [2.75, 3.05) is 11.9 Å². The van der Waals surface area contributed by atoms with E-state index in [1.165, 1.54) is 4.90 Å². The number of ether oxygens (including phenoxy) is 1. The maximum atomic E-state index is 12.5. The Labute approximate surface area is 146 Å². The van der Waals surface area contributed by atoms with Gasteiger partial charge in [-0.05, 0) is 42.0 Å². The molecule has 0 bridgehead atoms. The maximum absolute atomic E-state index is 12.5. The normalized spacial score (nSPS) is 11.8. The average molecular weight is 333 g/mol. The van der Waals surface area contributed by atoms with Gasteiger partial charge in [0.1, 0.15) is 0 Å². The molecule has 1 amide bonds. The van der Waals surface area contributed by atoms with Crippen molar-refractivity contribution in [2.24, 2.45) is 0 Å². The molecule has 0 heterocycles. The molecule has 4 nitrogen and oxygen atoms in total. The molecule has 25 heavy (non-hydrogen) atoms. The molecule has 126 valence electrons. The second kappa shape index (κ2) is 7.18. The van der Waals surface area contributed by atoms with Gasteiger partial charge in [0.05, 0.1) is 5.56 Å². The molecule has 3 rings (SSSR count). The summed E-state index contributed by atoms with van der Waals surface area (Å²) in [6, 6.07) is 22.4. The van der Waals surface area contributed by atoms with Gasteiger partial charge in [-0.1, -0.05) is 48.5 Å². The van der Waals surface area contributed by atoms with E-state index in [0.29, 0.717) is 5.56 Å². The summed E-state index contributed by atoms with van der Waals surface area (Å²) in [4.78, 5) is 26.3. The smallest absolute Gasteiger partial charge is 0.338 e. The van der Waals surface area contributed by atoms with Gasteiger partial charge in [0.2, 0.25) is 0 Å². The fourth-order valence-electron chi connectivity index (χ4n) is 2.65. The minimum absolute atomic E-state index is 0.277. The van der Waals surface area contributed by atoms with Gasteiger partial charge in [0.15, 0.2) is 6.10 Å². The molecule has 4 heteroatoms. The van der Waals surface area contributed by atoms with Gasteiger partial charge in [0.25, 0.3) is 5.91 Å². The Hall–Kier alpha value is -3.14. The summed E-state index contributed by atoms with van der Waals surface area (Å²) in [6.45, 7) is 1.58. The fourth-order valence-corrected chi connectivity index (χ4v) is 2.65. The lowest BCUT2D eigenvalue weighted by Gasteiger charge is -2.21. The van der Waals surface area contributed by atoms with Crippen LogP contribution in [-0.2, 0) is 9.53 Å². The fraction of sp³-hybridized carbons (Fsp3) is 0.143. The van der Waals surface area contributed by atoms with Crippen molar-refractivity contribution < 1.29 is 14.3 Å². The van der Waals surface area contributed by atoms with Gasteiger partial charge in [-0.25, -0.2) is 4.79 Å². The summed E-state index contributed by atoms with van der Waals surface area (Å²) in [5.74, 6) is -0.784. The minimum Gasteiger partial charge on any atom is -0.449 e. The van der Waals surface area contributed by atoms with Crippen LogP contribution >= 0.6 is 0 Å². The van der Waals surface area contributed by atoms with E-state index in [2.05, 4.69) is 0 Å². The third kappa shape index (κ3) is 3.69. The number of carbonyl (C=O) groups excluding carboxylic acids is 2. The molecule has 1 atom stereocenters. The molecule has 0 N–H and O–H groups in total. The Morgan fingerprint density at radius 3 is 2.24 bits per heavy atom. The number of benzene rings is 3. The molecule has 0 fully saturated rings. The second-order valence-electron chi connectivity index (χ2n) is 5.84. The Balaban J connectivity index is 1.71. The molecular formula is C21H19NO3. The van der Waals surface area contributed by atoms with E-state index < -0.39 is 12.1 Å². The Morgan fingerprint density at radius 1 is 0.880 bits per heavy atom. The van der Waals surface area contributed by atoms with Crippen molar-refractivity contribution >= 4 is 28.3 Å². The van der Waals surface area contributed by atoms with E-state index >= 15 is 0 Å². The Bertz CT molecular complexity index is 905. The number of esters is 1. The van der Waals surface area contributed by atoms with E-state index in [4.69, 9.17) is 4.74 Å². The first kappa shape index (κ1) is 16.7. The number of carbonyl (C=O) groups is 2. The van der Waals surface area contributed by atoms with Crippen LogP contribution in [0.3, 0.4) is 0 Å². The predicted octanol–water partition coefficient (Wildman–Crippen LogP) is 4.05. The number of hydrogen-bond acceptors (Lipinski definition) is 3. The van der Waals surface area contributed by atoms with Crippen LogP contribution in [-0.4, -0.2) is 25.0 Å². The molecule has 0 spiro atoms. The summed E-state index contributed by atoms with van der Waals surface area (Å²) >= 11 is 0. The quantitative estimate of drug-likeness (QED) is 0.677. The van der Waals surface area contributed by atoms with Gasteiger partial charge < -0.3 is 9.64 Å². The lowest BCUT2D eigenvalue weighted by Crippen LogP contribution is -2.37. The first-order valence-electron chi connectivity index (χ1n) is 8.08. The predicted molar refractivity (Wildman–Crippen MR) is 98.7 cm³/mol. The lowest BCUT2D eigenvalue weighted by atomic mass is 10.1. The largest absolute Gasteiger partial charge is 0.449 e. The standard InChI is InChI=1S/C21H19NO3/c1-15(20(23)22(2)19-10-4-3-5-11-19)25-21(24)18-13-12-16-8-6-7-9-17(16)14-18/h3-15H,1-2H3. The van der Waals surface area contributed by atoms with Crippen molar-refractivity contribution in [1.29, 1.82) is 0 Å².